The van der Waals surface area contributed by atoms with Crippen LogP contribution >= 0.6 is 0 Å². The molecule has 9 heteroatoms. The first-order chi connectivity index (χ1) is 17.3. The van der Waals surface area contributed by atoms with Crippen molar-refractivity contribution < 1.29 is 23.1 Å². The van der Waals surface area contributed by atoms with Crippen LogP contribution in [0.5, 0.6) is 5.75 Å². The molecule has 1 N–H and O–H groups in total. The number of hydrogen-bond donors (Lipinski definition) is 1. The predicted molar refractivity (Wildman–Crippen MR) is 134 cm³/mol. The first kappa shape index (κ1) is 24.3. The lowest BCUT2D eigenvalue weighted by Crippen LogP contribution is -2.31. The number of fused-ring (bicyclic) bond motifs is 1. The average molecular weight is 508 g/mol. The Kier molecular flexibility index (Phi) is 6.49. The number of hydrogen-bond acceptors (Lipinski definition) is 5. The van der Waals surface area contributed by atoms with Gasteiger partial charge in [0, 0.05) is 30.2 Å². The lowest BCUT2D eigenvalue weighted by atomic mass is 9.74. The van der Waals surface area contributed by atoms with E-state index >= 15 is 0 Å². The van der Waals surface area contributed by atoms with Gasteiger partial charge in [0.1, 0.15) is 5.75 Å². The second-order valence-corrected chi connectivity index (χ2v) is 11.6. The van der Waals surface area contributed by atoms with Crippen molar-refractivity contribution in [3.8, 4) is 11.8 Å². The minimum Gasteiger partial charge on any atom is -0.494 e. The summed E-state index contributed by atoms with van der Waals surface area (Å²) in [6.45, 7) is 3.09. The van der Waals surface area contributed by atoms with Crippen LogP contribution in [0.2, 0.25) is 0 Å². The smallest absolute Gasteiger partial charge is 0.307 e. The van der Waals surface area contributed by atoms with Crippen LogP contribution < -0.4 is 4.74 Å². The molecule has 36 heavy (non-hydrogen) atoms. The molecule has 2 heterocycles. The molecule has 8 nitrogen and oxygen atoms in total. The van der Waals surface area contributed by atoms with E-state index in [-0.39, 0.29) is 23.3 Å². The molecule has 2 aromatic carbocycles. The Morgan fingerprint density at radius 3 is 2.53 bits per heavy atom. The number of nitriles is 1. The van der Waals surface area contributed by atoms with Crippen LogP contribution in [0.15, 0.2) is 53.6 Å². The highest BCUT2D eigenvalue weighted by Gasteiger charge is 2.45. The molecule has 1 aliphatic carbocycles. The molecule has 3 aromatic rings. The number of carboxylic acid groups (broad SMARTS) is 1. The molecule has 188 valence electrons. The molecule has 2 aliphatic rings. The second kappa shape index (κ2) is 9.60. The minimum absolute atomic E-state index is 0.107. The number of sulfonamides is 1. The topological polar surface area (TPSA) is 113 Å². The van der Waals surface area contributed by atoms with Crippen molar-refractivity contribution in [2.45, 2.75) is 43.5 Å². The van der Waals surface area contributed by atoms with Gasteiger partial charge < -0.3 is 14.4 Å². The fourth-order valence-electron chi connectivity index (χ4n) is 5.59. The number of rotatable bonds is 8. The van der Waals surface area contributed by atoms with Gasteiger partial charge in [0.25, 0.3) is 0 Å². The highest BCUT2D eigenvalue weighted by atomic mass is 32.2. The maximum Gasteiger partial charge on any atom is 0.307 e. The summed E-state index contributed by atoms with van der Waals surface area (Å²) in [5.74, 6) is 0.214. The van der Waals surface area contributed by atoms with Crippen LogP contribution in [-0.2, 0) is 21.2 Å². The Hall–Kier alpha value is -3.35. The number of aromatic nitrogens is 1. The SMILES string of the molecule is CCOc1ccc(S(=O)(=O)N2C[C@@H](C3CCC3)[C@@H](n3cc(CC(=O)O)c4ccc(C#N)cc43)C2)cc1. The first-order valence-corrected chi connectivity index (χ1v) is 13.7. The number of carbonyl (C=O) groups is 1. The van der Waals surface area contributed by atoms with E-state index in [0.717, 1.165) is 30.2 Å². The van der Waals surface area contributed by atoms with Crippen molar-refractivity contribution in [3.63, 3.8) is 0 Å². The Morgan fingerprint density at radius 1 is 1.17 bits per heavy atom. The van der Waals surface area contributed by atoms with Gasteiger partial charge in [0.15, 0.2) is 0 Å². The zero-order chi connectivity index (χ0) is 25.4. The molecule has 2 atom stereocenters. The van der Waals surface area contributed by atoms with Gasteiger partial charge in [-0.2, -0.15) is 9.57 Å². The summed E-state index contributed by atoms with van der Waals surface area (Å²) in [5, 5.41) is 19.7. The summed E-state index contributed by atoms with van der Waals surface area (Å²) in [6, 6.07) is 13.8. The Bertz CT molecular complexity index is 1430. The minimum atomic E-state index is -3.72. The van der Waals surface area contributed by atoms with Crippen LogP contribution in [0.4, 0.5) is 0 Å². The number of carboxylic acids is 1. The van der Waals surface area contributed by atoms with Crippen LogP contribution in [0.3, 0.4) is 0 Å². The molecule has 5 rings (SSSR count). The van der Waals surface area contributed by atoms with Crippen LogP contribution in [0.25, 0.3) is 10.9 Å². The average Bonchev–Trinajstić information content (AvgIpc) is 3.40. The highest BCUT2D eigenvalue weighted by molar-refractivity contribution is 7.89. The van der Waals surface area contributed by atoms with E-state index in [2.05, 4.69) is 6.07 Å². The Balaban J connectivity index is 1.54. The fraction of sp³-hybridized carbons (Fsp3) is 0.407. The van der Waals surface area contributed by atoms with Crippen LogP contribution in [-0.4, -0.2) is 48.1 Å². The third-order valence-electron chi connectivity index (χ3n) is 7.57. The van der Waals surface area contributed by atoms with Gasteiger partial charge in [-0.1, -0.05) is 25.3 Å². The number of nitrogens with zero attached hydrogens (tertiary/aromatic N) is 3. The molecule has 0 amide bonds. The van der Waals surface area contributed by atoms with E-state index < -0.39 is 16.0 Å². The number of ether oxygens (including phenoxy) is 1. The largest absolute Gasteiger partial charge is 0.494 e. The quantitative estimate of drug-likeness (QED) is 0.489. The van der Waals surface area contributed by atoms with Crippen molar-refractivity contribution in [1.29, 1.82) is 5.26 Å². The van der Waals surface area contributed by atoms with E-state index in [1.807, 2.05) is 17.7 Å². The summed E-state index contributed by atoms with van der Waals surface area (Å²) in [4.78, 5) is 11.8. The monoisotopic (exact) mass is 507 g/mol. The molecule has 0 radical (unpaired) electrons. The third-order valence-corrected chi connectivity index (χ3v) is 9.42. The van der Waals surface area contributed by atoms with Crippen molar-refractivity contribution >= 4 is 26.9 Å². The van der Waals surface area contributed by atoms with E-state index in [1.165, 1.54) is 0 Å². The summed E-state index contributed by atoms with van der Waals surface area (Å²) in [5.41, 5.74) is 1.93. The molecule has 2 fully saturated rings. The van der Waals surface area contributed by atoms with Crippen LogP contribution in [0, 0.1) is 23.2 Å². The predicted octanol–water partition coefficient (Wildman–Crippen LogP) is 4.20. The standard InChI is InChI=1S/C27H29N3O5S/c1-2-35-21-7-9-22(10-8-21)36(33,34)29-16-24(19-4-3-5-19)26(17-29)30-15-20(13-27(31)32)23-11-6-18(14-28)12-25(23)30/h6-12,15,19,24,26H,2-5,13,16-17H2,1H3,(H,31,32)/t24-,26-/m0/s1. The summed E-state index contributed by atoms with van der Waals surface area (Å²) < 4.78 is 36.3. The molecular weight excluding hydrogens is 478 g/mol. The van der Waals surface area contributed by atoms with E-state index in [4.69, 9.17) is 4.74 Å². The summed E-state index contributed by atoms with van der Waals surface area (Å²) in [6.07, 6.45) is 4.97. The van der Waals surface area contributed by atoms with Gasteiger partial charge in [0.05, 0.1) is 35.6 Å². The molecular formula is C27H29N3O5S. The number of aliphatic carboxylic acids is 1. The molecule has 0 bridgehead atoms. The zero-order valence-corrected chi connectivity index (χ0v) is 20.9. The van der Waals surface area contributed by atoms with Gasteiger partial charge in [-0.05, 0) is 60.7 Å². The molecule has 1 aliphatic heterocycles. The normalized spacial score (nSPS) is 20.8. The van der Waals surface area contributed by atoms with Crippen molar-refractivity contribution in [1.82, 2.24) is 8.87 Å². The van der Waals surface area contributed by atoms with Gasteiger partial charge in [0.2, 0.25) is 10.0 Å². The van der Waals surface area contributed by atoms with Crippen molar-refractivity contribution in [3.05, 3.63) is 59.8 Å². The number of benzene rings is 2. The van der Waals surface area contributed by atoms with E-state index in [9.17, 15) is 23.6 Å². The second-order valence-electron chi connectivity index (χ2n) is 9.62. The lowest BCUT2D eigenvalue weighted by molar-refractivity contribution is -0.136. The molecule has 1 saturated heterocycles. The molecule has 1 saturated carbocycles. The van der Waals surface area contributed by atoms with E-state index in [1.54, 1.807) is 46.8 Å². The maximum atomic E-state index is 13.6. The van der Waals surface area contributed by atoms with Gasteiger partial charge in [-0.3, -0.25) is 4.79 Å². The van der Waals surface area contributed by atoms with E-state index in [0.29, 0.717) is 42.5 Å². The Labute approximate surface area is 210 Å². The summed E-state index contributed by atoms with van der Waals surface area (Å²) >= 11 is 0. The highest BCUT2D eigenvalue weighted by Crippen LogP contribution is 2.45. The van der Waals surface area contributed by atoms with Crippen LogP contribution in [0.1, 0.15) is 43.4 Å². The van der Waals surface area contributed by atoms with Gasteiger partial charge in [-0.25, -0.2) is 8.42 Å². The first-order valence-electron chi connectivity index (χ1n) is 12.3. The summed E-state index contributed by atoms with van der Waals surface area (Å²) in [7, 11) is -3.72. The fourth-order valence-corrected chi connectivity index (χ4v) is 7.09. The molecule has 0 spiro atoms. The zero-order valence-electron chi connectivity index (χ0n) is 20.1. The lowest BCUT2D eigenvalue weighted by Gasteiger charge is -2.35. The van der Waals surface area contributed by atoms with Crippen molar-refractivity contribution in [2.24, 2.45) is 11.8 Å². The Morgan fingerprint density at radius 2 is 1.92 bits per heavy atom. The molecule has 1 aromatic heterocycles. The van der Waals surface area contributed by atoms with Gasteiger partial charge in [-0.15, -0.1) is 0 Å². The van der Waals surface area contributed by atoms with Gasteiger partial charge >= 0.3 is 5.97 Å². The third kappa shape index (κ3) is 4.36. The molecule has 0 unspecified atom stereocenters. The maximum absolute atomic E-state index is 13.6. The van der Waals surface area contributed by atoms with Crippen molar-refractivity contribution in [2.75, 3.05) is 19.7 Å².